The fraction of sp³-hybridized carbons (Fsp3) is 0.667. The van der Waals surface area contributed by atoms with Crippen LogP contribution in [0.4, 0.5) is 0 Å². The number of rotatable bonds is 10. The molecule has 3 saturated heterocycles. The first kappa shape index (κ1) is 36.1. The van der Waals surface area contributed by atoms with Gasteiger partial charge < -0.3 is 55.6 Å². The second kappa shape index (κ2) is 15.6. The molecule has 0 radical (unpaired) electrons. The third kappa shape index (κ3) is 8.19. The van der Waals surface area contributed by atoms with Gasteiger partial charge in [-0.15, -0.1) is 0 Å². The van der Waals surface area contributed by atoms with Gasteiger partial charge in [0.15, 0.2) is 24.2 Å². The summed E-state index contributed by atoms with van der Waals surface area (Å²) in [6, 6.07) is 0.0686. The zero-order valence-electron chi connectivity index (χ0n) is 26.9. The first-order valence-corrected chi connectivity index (χ1v) is 16.1. The van der Waals surface area contributed by atoms with Crippen molar-refractivity contribution in [3.63, 3.8) is 0 Å². The number of carbonyl (C=O) groups is 4. The molecule has 5 rings (SSSR count). The number of methoxy groups -OCH3 is 1. The van der Waals surface area contributed by atoms with Crippen molar-refractivity contribution in [3.8, 4) is 0 Å². The van der Waals surface area contributed by atoms with Crippen LogP contribution < -0.4 is 32.9 Å². The molecule has 3 amide bonds. The number of aliphatic hydroxyl groups excluding tert-OH is 2. The molecule has 19 nitrogen and oxygen atoms in total. The molecule has 1 aromatic rings. The normalized spacial score (nSPS) is 32.9. The maximum Gasteiger partial charge on any atom is 0.330 e. The van der Waals surface area contributed by atoms with Crippen molar-refractivity contribution in [2.24, 2.45) is 11.7 Å². The first-order chi connectivity index (χ1) is 23.4. The summed E-state index contributed by atoms with van der Waals surface area (Å²) in [5.41, 5.74) is 4.10. The highest BCUT2D eigenvalue weighted by molar-refractivity contribution is 5.95. The first-order valence-electron chi connectivity index (χ1n) is 16.1. The molecule has 3 fully saturated rings. The zero-order valence-corrected chi connectivity index (χ0v) is 26.9. The number of piperidine rings is 1. The van der Waals surface area contributed by atoms with Gasteiger partial charge in [0, 0.05) is 25.4 Å². The fourth-order valence-corrected chi connectivity index (χ4v) is 6.32. The summed E-state index contributed by atoms with van der Waals surface area (Å²) in [5.74, 6) is -4.04. The van der Waals surface area contributed by atoms with E-state index in [9.17, 15) is 39.0 Å². The number of hydrogen-bond donors (Lipinski definition) is 7. The lowest BCUT2D eigenvalue weighted by Gasteiger charge is -2.35. The van der Waals surface area contributed by atoms with Gasteiger partial charge in [-0.05, 0) is 58.2 Å². The molecule has 5 heterocycles. The molecule has 0 spiro atoms. The highest BCUT2D eigenvalue weighted by Crippen LogP contribution is 2.37. The number of hydrogen-bond acceptors (Lipinski definition) is 14. The van der Waals surface area contributed by atoms with E-state index >= 15 is 0 Å². The van der Waals surface area contributed by atoms with E-state index in [4.69, 9.17) is 29.4 Å². The number of aromatic nitrogens is 2. The number of carbonyl (C=O) groups excluding carboxylic acids is 4. The van der Waals surface area contributed by atoms with Gasteiger partial charge >= 0.3 is 11.7 Å². The molecule has 0 aromatic carbocycles. The van der Waals surface area contributed by atoms with Crippen LogP contribution >= 0.6 is 0 Å². The SMILES string of the molecule is CO[C@H]1[C@@H](OC(=O)C2CCNCC2)[C@H](n2ccc(=O)[nH]c2=O)O[C@@H]1[C@H](O[C@H]1OC(C(=O)NC2CCC[C@@H](C)NC2=O)=C[C@H](O)[C@@H]1O)C(N)=O. The Hall–Kier alpha value is -4.14. The summed E-state index contributed by atoms with van der Waals surface area (Å²) in [7, 11) is 1.23. The molecule has 0 saturated carbocycles. The lowest BCUT2D eigenvalue weighted by molar-refractivity contribution is -0.241. The second-order valence-corrected chi connectivity index (χ2v) is 12.5. The molecule has 270 valence electrons. The number of aliphatic hydroxyl groups is 2. The van der Waals surface area contributed by atoms with Crippen LogP contribution in [0.25, 0.3) is 0 Å². The number of nitrogens with zero attached hydrogens (tertiary/aromatic N) is 1. The van der Waals surface area contributed by atoms with Crippen LogP contribution in [0.2, 0.25) is 0 Å². The summed E-state index contributed by atoms with van der Waals surface area (Å²) in [6.45, 7) is 3.00. The van der Waals surface area contributed by atoms with E-state index < -0.39 is 102 Å². The third-order valence-corrected chi connectivity index (χ3v) is 8.97. The third-order valence-electron chi connectivity index (χ3n) is 8.97. The van der Waals surface area contributed by atoms with E-state index in [0.717, 1.165) is 22.9 Å². The Labute approximate surface area is 279 Å². The average molecular weight is 695 g/mol. The van der Waals surface area contributed by atoms with E-state index in [1.807, 2.05) is 6.92 Å². The molecule has 49 heavy (non-hydrogen) atoms. The number of primary amides is 1. The number of ether oxygens (including phenoxy) is 5. The van der Waals surface area contributed by atoms with E-state index in [1.54, 1.807) is 0 Å². The number of nitrogens with two attached hydrogens (primary N) is 1. The van der Waals surface area contributed by atoms with Gasteiger partial charge in [0.2, 0.25) is 18.1 Å². The number of nitrogens with one attached hydrogen (secondary N) is 4. The van der Waals surface area contributed by atoms with Crippen LogP contribution in [-0.2, 0) is 42.9 Å². The second-order valence-electron chi connectivity index (χ2n) is 12.5. The molecular formula is C30H42N6O13. The molecule has 4 aliphatic rings. The molecule has 1 aromatic heterocycles. The highest BCUT2D eigenvalue weighted by Gasteiger charge is 2.55. The summed E-state index contributed by atoms with van der Waals surface area (Å²) >= 11 is 0. The standard InChI is InChI=1S/C30H42N6O13/c1-13-4-3-5-15(25(41)33-13)34-26(42)17-12-16(37)19(39)29(46-17)49-22(24(31)40)21-20(45-2)23(48-28(43)14-6-9-32-10-7-14)27(47-21)36-11-8-18(38)35-30(36)44/h8,11-16,19-23,27,29,32,37,39H,3-7,9-10H2,1-2H3,(H2,31,40)(H,33,41)(H,34,42)(H,35,38,44)/t13-,15?,16+,19+,20-,21+,22+,23-,27-,29-/m1/s1. The maximum absolute atomic E-state index is 13.3. The van der Waals surface area contributed by atoms with Crippen molar-refractivity contribution >= 4 is 23.7 Å². The molecule has 0 bridgehead atoms. The van der Waals surface area contributed by atoms with Crippen LogP contribution in [0, 0.1) is 5.92 Å². The zero-order chi connectivity index (χ0) is 35.4. The predicted octanol–water partition coefficient (Wildman–Crippen LogP) is -3.63. The lowest BCUT2D eigenvalue weighted by atomic mass is 9.98. The molecule has 0 aliphatic carbocycles. The summed E-state index contributed by atoms with van der Waals surface area (Å²) in [6.07, 6.45) is -8.22. The van der Waals surface area contributed by atoms with E-state index in [2.05, 4.69) is 20.9 Å². The van der Waals surface area contributed by atoms with Crippen molar-refractivity contribution in [1.29, 1.82) is 0 Å². The van der Waals surface area contributed by atoms with Crippen LogP contribution in [0.15, 0.2) is 33.7 Å². The Morgan fingerprint density at radius 1 is 1.10 bits per heavy atom. The highest BCUT2D eigenvalue weighted by atomic mass is 16.7. The van der Waals surface area contributed by atoms with Crippen LogP contribution in [0.3, 0.4) is 0 Å². The van der Waals surface area contributed by atoms with Gasteiger partial charge in [-0.3, -0.25) is 33.5 Å². The Balaban J connectivity index is 1.38. The quantitative estimate of drug-likeness (QED) is 0.117. The van der Waals surface area contributed by atoms with Crippen molar-refractivity contribution in [1.82, 2.24) is 25.5 Å². The number of esters is 1. The topological polar surface area (TPSA) is 272 Å². The fourth-order valence-electron chi connectivity index (χ4n) is 6.32. The number of H-pyrrole nitrogens is 1. The van der Waals surface area contributed by atoms with Gasteiger partial charge in [-0.2, -0.15) is 0 Å². The Morgan fingerprint density at radius 3 is 2.51 bits per heavy atom. The molecule has 10 atom stereocenters. The monoisotopic (exact) mass is 694 g/mol. The van der Waals surface area contributed by atoms with Gasteiger partial charge in [0.1, 0.15) is 30.5 Å². The minimum atomic E-state index is -1.88. The van der Waals surface area contributed by atoms with Crippen LogP contribution in [0.5, 0.6) is 0 Å². The average Bonchev–Trinajstić information content (AvgIpc) is 3.32. The largest absolute Gasteiger partial charge is 0.456 e. The van der Waals surface area contributed by atoms with Crippen molar-refractivity contribution in [2.45, 2.75) is 100 Å². The van der Waals surface area contributed by atoms with E-state index in [-0.39, 0.29) is 6.04 Å². The van der Waals surface area contributed by atoms with Crippen molar-refractivity contribution in [2.75, 3.05) is 20.2 Å². The molecular weight excluding hydrogens is 652 g/mol. The maximum atomic E-state index is 13.3. The van der Waals surface area contributed by atoms with E-state index in [1.165, 1.54) is 7.11 Å². The minimum Gasteiger partial charge on any atom is -0.456 e. The summed E-state index contributed by atoms with van der Waals surface area (Å²) in [5, 5.41) is 29.8. The molecule has 1 unspecified atom stereocenters. The van der Waals surface area contributed by atoms with Crippen molar-refractivity contribution in [3.05, 3.63) is 44.9 Å². The Morgan fingerprint density at radius 2 is 1.84 bits per heavy atom. The minimum absolute atomic E-state index is 0.0798. The lowest BCUT2D eigenvalue weighted by Crippen LogP contribution is -2.54. The van der Waals surface area contributed by atoms with Crippen LogP contribution in [0.1, 0.15) is 45.3 Å². The summed E-state index contributed by atoms with van der Waals surface area (Å²) in [4.78, 5) is 78.6. The molecule has 4 aliphatic heterocycles. The van der Waals surface area contributed by atoms with Gasteiger partial charge in [0.25, 0.3) is 11.5 Å². The number of amides is 3. The predicted molar refractivity (Wildman–Crippen MR) is 164 cm³/mol. The van der Waals surface area contributed by atoms with Gasteiger partial charge in [0.05, 0.1) is 5.92 Å². The van der Waals surface area contributed by atoms with E-state index in [0.29, 0.717) is 45.2 Å². The number of aromatic amines is 1. The summed E-state index contributed by atoms with van der Waals surface area (Å²) < 4.78 is 29.8. The van der Waals surface area contributed by atoms with Gasteiger partial charge in [-0.25, -0.2) is 4.79 Å². The smallest absolute Gasteiger partial charge is 0.330 e. The van der Waals surface area contributed by atoms with Crippen LogP contribution in [-0.4, -0.2) is 119 Å². The van der Waals surface area contributed by atoms with Crippen molar-refractivity contribution < 1.29 is 53.1 Å². The Kier molecular flexibility index (Phi) is 11.5. The molecule has 19 heteroatoms. The van der Waals surface area contributed by atoms with Gasteiger partial charge in [-0.1, -0.05) is 0 Å². The molecule has 8 N–H and O–H groups in total. The Bertz CT molecular complexity index is 1540.